The van der Waals surface area contributed by atoms with Crippen LogP contribution < -0.4 is 10.1 Å². The summed E-state index contributed by atoms with van der Waals surface area (Å²) >= 11 is 0. The van der Waals surface area contributed by atoms with Crippen molar-refractivity contribution in [2.75, 3.05) is 12.4 Å². The van der Waals surface area contributed by atoms with Gasteiger partial charge in [-0.05, 0) is 24.3 Å². The third kappa shape index (κ3) is 6.09. The van der Waals surface area contributed by atoms with Crippen LogP contribution in [0.1, 0.15) is 24.0 Å². The van der Waals surface area contributed by atoms with Gasteiger partial charge in [-0.1, -0.05) is 23.4 Å². The third-order valence-electron chi connectivity index (χ3n) is 4.87. The van der Waals surface area contributed by atoms with Crippen molar-refractivity contribution in [1.82, 2.24) is 15.1 Å². The standard InChI is InChI=1S/C24H20F2N4O6/c1-33-17-8-3-2-7-16(17)28-20(31)11-19-29-22(36-30-19)13-34-23(32)10-9-21-27-12-18(35-21)24-14(25)5-4-6-15(24)26/h2-8,12H,9-11,13H2,1H3,(H,28,31). The van der Waals surface area contributed by atoms with Crippen LogP contribution in [-0.4, -0.2) is 34.1 Å². The quantitative estimate of drug-likeness (QED) is 0.324. The average Bonchev–Trinajstić information content (AvgIpc) is 3.51. The van der Waals surface area contributed by atoms with E-state index in [1.165, 1.54) is 19.4 Å². The Labute approximate surface area is 203 Å². The molecule has 0 aliphatic carbocycles. The minimum atomic E-state index is -0.784. The summed E-state index contributed by atoms with van der Waals surface area (Å²) in [5.41, 5.74) is 0.169. The Morgan fingerprint density at radius 1 is 1.06 bits per heavy atom. The second-order valence-electron chi connectivity index (χ2n) is 7.41. The number of benzene rings is 2. The van der Waals surface area contributed by atoms with E-state index in [4.69, 9.17) is 18.4 Å². The number of hydrogen-bond acceptors (Lipinski definition) is 9. The Morgan fingerprint density at radius 3 is 2.61 bits per heavy atom. The molecule has 0 bridgehead atoms. The van der Waals surface area contributed by atoms with E-state index in [-0.39, 0.29) is 60.7 Å². The van der Waals surface area contributed by atoms with Crippen molar-refractivity contribution in [3.05, 3.63) is 77.9 Å². The van der Waals surface area contributed by atoms with Crippen LogP contribution >= 0.6 is 0 Å². The Morgan fingerprint density at radius 2 is 1.83 bits per heavy atom. The number of carbonyl (C=O) groups is 2. The number of halogens is 2. The minimum Gasteiger partial charge on any atom is -0.495 e. The second-order valence-corrected chi connectivity index (χ2v) is 7.41. The molecule has 4 aromatic rings. The number of aryl methyl sites for hydroxylation is 1. The molecule has 2 heterocycles. The van der Waals surface area contributed by atoms with Gasteiger partial charge in [0.15, 0.2) is 24.1 Å². The highest BCUT2D eigenvalue weighted by Gasteiger charge is 2.17. The molecule has 0 unspecified atom stereocenters. The van der Waals surface area contributed by atoms with Crippen LogP contribution in [0.4, 0.5) is 14.5 Å². The van der Waals surface area contributed by atoms with Gasteiger partial charge in [0.2, 0.25) is 5.91 Å². The molecule has 1 N–H and O–H groups in total. The molecule has 0 saturated carbocycles. The zero-order valence-electron chi connectivity index (χ0n) is 19.0. The normalized spacial score (nSPS) is 10.8. The van der Waals surface area contributed by atoms with Crippen LogP contribution in [0.15, 0.2) is 57.6 Å². The van der Waals surface area contributed by atoms with Crippen LogP contribution in [0.5, 0.6) is 5.75 Å². The van der Waals surface area contributed by atoms with Gasteiger partial charge < -0.3 is 23.7 Å². The summed E-state index contributed by atoms with van der Waals surface area (Å²) in [7, 11) is 1.49. The summed E-state index contributed by atoms with van der Waals surface area (Å²) in [6, 6.07) is 10.4. The number of amides is 1. The van der Waals surface area contributed by atoms with E-state index in [0.29, 0.717) is 11.4 Å². The highest BCUT2D eigenvalue weighted by molar-refractivity contribution is 5.93. The number of oxazole rings is 1. The molecule has 12 heteroatoms. The molecular formula is C24H20F2N4O6. The van der Waals surface area contributed by atoms with Crippen LogP contribution in [0.2, 0.25) is 0 Å². The average molecular weight is 498 g/mol. The zero-order chi connectivity index (χ0) is 25.5. The maximum atomic E-state index is 13.9. The van der Waals surface area contributed by atoms with E-state index in [9.17, 15) is 18.4 Å². The minimum absolute atomic E-state index is 0.0110. The molecule has 0 aliphatic rings. The van der Waals surface area contributed by atoms with Gasteiger partial charge in [-0.25, -0.2) is 13.8 Å². The van der Waals surface area contributed by atoms with Gasteiger partial charge >= 0.3 is 5.97 Å². The van der Waals surface area contributed by atoms with E-state index < -0.39 is 17.6 Å². The maximum Gasteiger partial charge on any atom is 0.306 e. The highest BCUT2D eigenvalue weighted by Crippen LogP contribution is 2.27. The summed E-state index contributed by atoms with van der Waals surface area (Å²) in [6.45, 7) is -0.294. The molecule has 0 aliphatic heterocycles. The van der Waals surface area contributed by atoms with Gasteiger partial charge in [0.1, 0.15) is 17.4 Å². The smallest absolute Gasteiger partial charge is 0.306 e. The predicted molar refractivity (Wildman–Crippen MR) is 120 cm³/mol. The molecular weight excluding hydrogens is 478 g/mol. The van der Waals surface area contributed by atoms with Crippen molar-refractivity contribution >= 4 is 17.6 Å². The van der Waals surface area contributed by atoms with E-state index in [1.54, 1.807) is 24.3 Å². The summed E-state index contributed by atoms with van der Waals surface area (Å²) < 4.78 is 48.4. The number of ether oxygens (including phenoxy) is 2. The van der Waals surface area contributed by atoms with Crippen molar-refractivity contribution < 1.29 is 36.8 Å². The molecule has 0 saturated heterocycles. The van der Waals surface area contributed by atoms with Crippen LogP contribution in [-0.2, 0) is 33.8 Å². The van der Waals surface area contributed by atoms with E-state index in [1.807, 2.05) is 0 Å². The molecule has 10 nitrogen and oxygen atoms in total. The lowest BCUT2D eigenvalue weighted by Gasteiger charge is -2.08. The van der Waals surface area contributed by atoms with Gasteiger partial charge in [-0.3, -0.25) is 9.59 Å². The number of hydrogen-bond donors (Lipinski definition) is 1. The van der Waals surface area contributed by atoms with Crippen molar-refractivity contribution in [2.45, 2.75) is 25.9 Å². The first-order valence-electron chi connectivity index (χ1n) is 10.7. The Hall–Kier alpha value is -4.61. The van der Waals surface area contributed by atoms with Gasteiger partial charge in [-0.15, -0.1) is 0 Å². The Kier molecular flexibility index (Phi) is 7.63. The lowest BCUT2D eigenvalue weighted by atomic mass is 10.1. The molecule has 0 fully saturated rings. The SMILES string of the molecule is COc1ccccc1NC(=O)Cc1noc(COC(=O)CCc2ncc(-c3c(F)cccc3F)o2)n1. The number of carbonyl (C=O) groups excluding carboxylic acids is 2. The van der Waals surface area contributed by atoms with Gasteiger partial charge in [0.05, 0.1) is 37.4 Å². The number of esters is 1. The molecule has 0 radical (unpaired) electrons. The number of rotatable bonds is 10. The largest absolute Gasteiger partial charge is 0.495 e. The third-order valence-corrected chi connectivity index (χ3v) is 4.87. The zero-order valence-corrected chi connectivity index (χ0v) is 19.0. The fourth-order valence-corrected chi connectivity index (χ4v) is 3.20. The Bertz CT molecular complexity index is 1350. The number of methoxy groups -OCH3 is 1. The maximum absolute atomic E-state index is 13.9. The number of aromatic nitrogens is 3. The summed E-state index contributed by atoms with van der Waals surface area (Å²) in [5, 5.41) is 6.39. The van der Waals surface area contributed by atoms with Crippen molar-refractivity contribution in [1.29, 1.82) is 0 Å². The van der Waals surface area contributed by atoms with Crippen LogP contribution in [0, 0.1) is 11.6 Å². The number of para-hydroxylation sites is 2. The Balaban J connectivity index is 1.23. The van der Waals surface area contributed by atoms with Gasteiger partial charge in [0, 0.05) is 6.42 Å². The van der Waals surface area contributed by atoms with Crippen LogP contribution in [0.3, 0.4) is 0 Å². The molecule has 1 amide bonds. The van der Waals surface area contributed by atoms with E-state index >= 15 is 0 Å². The highest BCUT2D eigenvalue weighted by atomic mass is 19.1. The molecule has 2 aromatic carbocycles. The summed E-state index contributed by atoms with van der Waals surface area (Å²) in [5.74, 6) is -1.90. The van der Waals surface area contributed by atoms with Crippen molar-refractivity contribution in [3.63, 3.8) is 0 Å². The fourth-order valence-electron chi connectivity index (χ4n) is 3.20. The lowest BCUT2D eigenvalue weighted by molar-refractivity contribution is -0.145. The second kappa shape index (κ2) is 11.2. The first-order chi connectivity index (χ1) is 17.4. The predicted octanol–water partition coefficient (Wildman–Crippen LogP) is 3.87. The van der Waals surface area contributed by atoms with Crippen molar-refractivity contribution in [2.24, 2.45) is 0 Å². The summed E-state index contributed by atoms with van der Waals surface area (Å²) in [6.07, 6.45) is 0.964. The van der Waals surface area contributed by atoms with E-state index in [2.05, 4.69) is 20.4 Å². The topological polar surface area (TPSA) is 130 Å². The van der Waals surface area contributed by atoms with Crippen molar-refractivity contribution in [3.8, 4) is 17.1 Å². The van der Waals surface area contributed by atoms with Gasteiger partial charge in [-0.2, -0.15) is 4.98 Å². The molecule has 0 atom stereocenters. The first-order valence-corrected chi connectivity index (χ1v) is 10.7. The van der Waals surface area contributed by atoms with Crippen LogP contribution in [0.25, 0.3) is 11.3 Å². The molecule has 36 heavy (non-hydrogen) atoms. The lowest BCUT2D eigenvalue weighted by Crippen LogP contribution is -2.15. The van der Waals surface area contributed by atoms with Gasteiger partial charge in [0.25, 0.3) is 5.89 Å². The number of anilines is 1. The summed E-state index contributed by atoms with van der Waals surface area (Å²) in [4.78, 5) is 32.3. The molecule has 2 aromatic heterocycles. The number of nitrogens with one attached hydrogen (secondary N) is 1. The fraction of sp³-hybridized carbons (Fsp3) is 0.208. The molecule has 0 spiro atoms. The molecule has 4 rings (SSSR count). The monoisotopic (exact) mass is 498 g/mol. The molecule has 186 valence electrons. The number of nitrogens with zero attached hydrogens (tertiary/aromatic N) is 3. The van der Waals surface area contributed by atoms with E-state index in [0.717, 1.165) is 12.1 Å². The first kappa shape index (κ1) is 24.5.